The second kappa shape index (κ2) is 2.36. The highest BCUT2D eigenvalue weighted by atomic mass is 14.6. The molecule has 1 unspecified atom stereocenters. The molecule has 2 nitrogen and oxygen atoms in total. The van der Waals surface area contributed by atoms with E-state index in [-0.39, 0.29) is 5.92 Å². The summed E-state index contributed by atoms with van der Waals surface area (Å²) in [7, 11) is 0. The van der Waals surface area contributed by atoms with E-state index >= 15 is 0 Å². The minimum absolute atomic E-state index is 0.00463. The van der Waals surface area contributed by atoms with Crippen LogP contribution in [0.25, 0.3) is 0 Å². The maximum atomic E-state index is 8.42. The molecule has 0 radical (unpaired) electrons. The van der Waals surface area contributed by atoms with Crippen LogP contribution in [0.1, 0.15) is 6.42 Å². The zero-order valence-corrected chi connectivity index (χ0v) is 5.04. The average Bonchev–Trinajstić information content (AvgIpc) is 1.88. The van der Waals surface area contributed by atoms with Crippen LogP contribution in [0, 0.1) is 17.2 Å². The molecule has 9 heavy (non-hydrogen) atoms. The van der Waals surface area contributed by atoms with E-state index < -0.39 is 0 Å². The molecule has 0 aromatic carbocycles. The van der Waals surface area contributed by atoms with Crippen LogP contribution in [0.3, 0.4) is 0 Å². The van der Waals surface area contributed by atoms with Crippen LogP contribution >= 0.6 is 0 Å². The minimum atomic E-state index is -0.00463. The molecule has 0 aromatic rings. The summed E-state index contributed by atoms with van der Waals surface area (Å²) in [6.07, 6.45) is 6.33. The second-order valence-corrected chi connectivity index (χ2v) is 2.04. The SMILES string of the molecule is N#CC1C=C(N)C=CC1. The van der Waals surface area contributed by atoms with Crippen molar-refractivity contribution in [2.45, 2.75) is 6.42 Å². The molecule has 0 heterocycles. The maximum Gasteiger partial charge on any atom is 0.0701 e. The van der Waals surface area contributed by atoms with E-state index in [0.717, 1.165) is 6.42 Å². The first-order valence-electron chi connectivity index (χ1n) is 2.86. The fraction of sp³-hybridized carbons (Fsp3) is 0.286. The van der Waals surface area contributed by atoms with Crippen molar-refractivity contribution >= 4 is 0 Å². The first-order valence-corrected chi connectivity index (χ1v) is 2.86. The van der Waals surface area contributed by atoms with E-state index in [1.807, 2.05) is 12.2 Å². The molecule has 0 spiro atoms. The van der Waals surface area contributed by atoms with Gasteiger partial charge in [-0.05, 0) is 18.6 Å². The Labute approximate surface area is 54.3 Å². The van der Waals surface area contributed by atoms with Gasteiger partial charge in [-0.15, -0.1) is 0 Å². The monoisotopic (exact) mass is 120 g/mol. The van der Waals surface area contributed by atoms with E-state index in [4.69, 9.17) is 11.0 Å². The van der Waals surface area contributed by atoms with Crippen LogP contribution in [0.2, 0.25) is 0 Å². The molecule has 0 saturated heterocycles. The Balaban J connectivity index is 2.69. The van der Waals surface area contributed by atoms with Gasteiger partial charge in [0.2, 0.25) is 0 Å². The average molecular weight is 120 g/mol. The summed E-state index contributed by atoms with van der Waals surface area (Å²) in [5, 5.41) is 8.42. The summed E-state index contributed by atoms with van der Waals surface area (Å²) >= 11 is 0. The molecule has 46 valence electrons. The fourth-order valence-electron chi connectivity index (χ4n) is 0.797. The highest BCUT2D eigenvalue weighted by Crippen LogP contribution is 2.11. The van der Waals surface area contributed by atoms with E-state index in [1.165, 1.54) is 0 Å². The van der Waals surface area contributed by atoms with Gasteiger partial charge in [-0.2, -0.15) is 5.26 Å². The second-order valence-electron chi connectivity index (χ2n) is 2.04. The van der Waals surface area contributed by atoms with Gasteiger partial charge in [-0.3, -0.25) is 0 Å². The fourth-order valence-corrected chi connectivity index (χ4v) is 0.797. The summed E-state index contributed by atoms with van der Waals surface area (Å²) in [6, 6.07) is 2.13. The number of hydrogen-bond acceptors (Lipinski definition) is 2. The van der Waals surface area contributed by atoms with Crippen LogP contribution in [-0.4, -0.2) is 0 Å². The molecular formula is C7H8N2. The number of nitrogens with two attached hydrogens (primary N) is 1. The molecule has 0 bridgehead atoms. The number of nitriles is 1. The number of hydrogen-bond donors (Lipinski definition) is 1. The zero-order valence-electron chi connectivity index (χ0n) is 5.04. The van der Waals surface area contributed by atoms with Crippen molar-refractivity contribution in [2.24, 2.45) is 11.7 Å². The molecule has 2 N–H and O–H groups in total. The number of allylic oxidation sites excluding steroid dienone is 3. The third kappa shape index (κ3) is 1.33. The third-order valence-electron chi connectivity index (χ3n) is 1.26. The van der Waals surface area contributed by atoms with Crippen molar-refractivity contribution in [1.29, 1.82) is 5.26 Å². The third-order valence-corrected chi connectivity index (χ3v) is 1.26. The maximum absolute atomic E-state index is 8.42. The Kier molecular flexibility index (Phi) is 1.55. The Bertz CT molecular complexity index is 195. The molecule has 1 atom stereocenters. The first kappa shape index (κ1) is 5.90. The van der Waals surface area contributed by atoms with Gasteiger partial charge < -0.3 is 5.73 Å². The van der Waals surface area contributed by atoms with Crippen molar-refractivity contribution in [3.63, 3.8) is 0 Å². The lowest BCUT2D eigenvalue weighted by Crippen LogP contribution is -2.02. The Hall–Kier alpha value is -1.23. The van der Waals surface area contributed by atoms with E-state index in [0.29, 0.717) is 5.70 Å². The first-order chi connectivity index (χ1) is 4.33. The quantitative estimate of drug-likeness (QED) is 0.517. The Morgan fingerprint density at radius 1 is 1.78 bits per heavy atom. The van der Waals surface area contributed by atoms with E-state index in [1.54, 1.807) is 6.08 Å². The lowest BCUT2D eigenvalue weighted by Gasteiger charge is -2.04. The summed E-state index contributed by atoms with van der Waals surface area (Å²) in [5.41, 5.74) is 6.13. The van der Waals surface area contributed by atoms with Crippen LogP contribution in [-0.2, 0) is 0 Å². The van der Waals surface area contributed by atoms with Crippen molar-refractivity contribution in [1.82, 2.24) is 0 Å². The highest BCUT2D eigenvalue weighted by Gasteiger charge is 2.04. The lowest BCUT2D eigenvalue weighted by atomic mass is 10.0. The molecule has 0 amide bonds. The van der Waals surface area contributed by atoms with Crippen molar-refractivity contribution in [3.8, 4) is 6.07 Å². The molecule has 0 fully saturated rings. The minimum Gasteiger partial charge on any atom is -0.399 e. The number of rotatable bonds is 0. The summed E-state index contributed by atoms with van der Waals surface area (Å²) in [6.45, 7) is 0. The Morgan fingerprint density at radius 2 is 2.56 bits per heavy atom. The van der Waals surface area contributed by atoms with Gasteiger partial charge in [-0.1, -0.05) is 6.08 Å². The smallest absolute Gasteiger partial charge is 0.0701 e. The topological polar surface area (TPSA) is 49.8 Å². The molecule has 0 saturated carbocycles. The number of nitrogens with zero attached hydrogens (tertiary/aromatic N) is 1. The zero-order chi connectivity index (χ0) is 6.69. The summed E-state index contributed by atoms with van der Waals surface area (Å²) in [4.78, 5) is 0. The summed E-state index contributed by atoms with van der Waals surface area (Å²) in [5.74, 6) is -0.00463. The molecule has 2 heteroatoms. The largest absolute Gasteiger partial charge is 0.399 e. The molecule has 0 aliphatic heterocycles. The lowest BCUT2D eigenvalue weighted by molar-refractivity contribution is 0.825. The predicted octanol–water partition coefficient (Wildman–Crippen LogP) is 0.929. The van der Waals surface area contributed by atoms with Crippen LogP contribution in [0.4, 0.5) is 0 Å². The van der Waals surface area contributed by atoms with Gasteiger partial charge in [0, 0.05) is 5.70 Å². The van der Waals surface area contributed by atoms with Crippen LogP contribution in [0.5, 0.6) is 0 Å². The highest BCUT2D eigenvalue weighted by molar-refractivity contribution is 5.23. The van der Waals surface area contributed by atoms with Gasteiger partial charge in [0.25, 0.3) is 0 Å². The normalized spacial score (nSPS) is 24.8. The van der Waals surface area contributed by atoms with Gasteiger partial charge in [0.1, 0.15) is 0 Å². The van der Waals surface area contributed by atoms with Gasteiger partial charge in [-0.25, -0.2) is 0 Å². The van der Waals surface area contributed by atoms with Gasteiger partial charge >= 0.3 is 0 Å². The molecule has 1 aliphatic carbocycles. The molecular weight excluding hydrogens is 112 g/mol. The molecule has 1 aliphatic rings. The standard InChI is InChI=1S/C7H8N2/c8-5-6-2-1-3-7(9)4-6/h1,3-4,6H,2,9H2. The molecule has 1 rings (SSSR count). The van der Waals surface area contributed by atoms with Crippen LogP contribution < -0.4 is 5.73 Å². The van der Waals surface area contributed by atoms with Gasteiger partial charge in [0.05, 0.1) is 12.0 Å². The van der Waals surface area contributed by atoms with Crippen LogP contribution in [0.15, 0.2) is 23.9 Å². The Morgan fingerprint density at radius 3 is 3.00 bits per heavy atom. The van der Waals surface area contributed by atoms with Crippen molar-refractivity contribution < 1.29 is 0 Å². The van der Waals surface area contributed by atoms with E-state index in [2.05, 4.69) is 6.07 Å². The van der Waals surface area contributed by atoms with Crippen molar-refractivity contribution in [3.05, 3.63) is 23.9 Å². The van der Waals surface area contributed by atoms with Crippen molar-refractivity contribution in [2.75, 3.05) is 0 Å². The van der Waals surface area contributed by atoms with E-state index in [9.17, 15) is 0 Å². The molecule has 0 aromatic heterocycles. The van der Waals surface area contributed by atoms with Gasteiger partial charge in [0.15, 0.2) is 0 Å². The predicted molar refractivity (Wildman–Crippen MR) is 35.1 cm³/mol. The summed E-state index contributed by atoms with van der Waals surface area (Å²) < 4.78 is 0.